The van der Waals surface area contributed by atoms with Crippen LogP contribution < -0.4 is 10.1 Å². The summed E-state index contributed by atoms with van der Waals surface area (Å²) >= 11 is 5.82. The van der Waals surface area contributed by atoms with Crippen LogP contribution in [0.1, 0.15) is 24.1 Å². The molecule has 1 unspecified atom stereocenters. The number of ether oxygens (including phenoxy) is 1. The van der Waals surface area contributed by atoms with E-state index in [0.717, 1.165) is 21.5 Å². The van der Waals surface area contributed by atoms with Crippen molar-refractivity contribution in [3.05, 3.63) is 55.6 Å². The van der Waals surface area contributed by atoms with Crippen molar-refractivity contribution < 1.29 is 4.74 Å². The van der Waals surface area contributed by atoms with Gasteiger partial charge in [0.05, 0.1) is 12.8 Å². The van der Waals surface area contributed by atoms with E-state index >= 15 is 0 Å². The molecule has 0 saturated heterocycles. The normalized spacial score (nSPS) is 12.1. The van der Waals surface area contributed by atoms with E-state index in [4.69, 9.17) is 4.74 Å². The first-order valence-corrected chi connectivity index (χ1v) is 8.24. The Kier molecular flexibility index (Phi) is 5.32. The molecule has 0 aliphatic rings. The molecule has 20 heavy (non-hydrogen) atoms. The van der Waals surface area contributed by atoms with Gasteiger partial charge >= 0.3 is 0 Å². The molecule has 2 nitrogen and oxygen atoms in total. The Labute approximate surface area is 142 Å². The third-order valence-corrected chi connectivity index (χ3v) is 4.39. The summed E-state index contributed by atoms with van der Waals surface area (Å²) in [5.41, 5.74) is 3.46. The molecular weight excluding hydrogens is 429 g/mol. The molecule has 0 aliphatic heterocycles. The number of hydrogen-bond acceptors (Lipinski definition) is 2. The van der Waals surface area contributed by atoms with Crippen molar-refractivity contribution in [3.8, 4) is 5.75 Å². The topological polar surface area (TPSA) is 21.3 Å². The predicted octanol–water partition coefficient (Wildman–Crippen LogP) is 5.54. The second kappa shape index (κ2) is 6.80. The van der Waals surface area contributed by atoms with Gasteiger partial charge in [-0.25, -0.2) is 0 Å². The summed E-state index contributed by atoms with van der Waals surface area (Å²) in [5, 5.41) is 3.54. The molecule has 2 aromatic rings. The molecular formula is C16H17BrINO. The van der Waals surface area contributed by atoms with Crippen LogP contribution in [0.3, 0.4) is 0 Å². The molecule has 106 valence electrons. The summed E-state index contributed by atoms with van der Waals surface area (Å²) in [6, 6.07) is 12.8. The lowest BCUT2D eigenvalue weighted by molar-refractivity contribution is 0.415. The molecule has 2 rings (SSSR count). The fraction of sp³-hybridized carbons (Fsp3) is 0.250. The van der Waals surface area contributed by atoms with E-state index in [1.54, 1.807) is 7.11 Å². The first-order valence-electron chi connectivity index (χ1n) is 6.37. The standard InChI is InChI=1S/C16H17BrINO/c1-10-8-13(17)9-15(20-3)16(10)19-11(2)12-4-6-14(18)7-5-12/h4-9,11,19H,1-3H3. The second-order valence-corrected chi connectivity index (χ2v) is 6.88. The second-order valence-electron chi connectivity index (χ2n) is 4.72. The van der Waals surface area contributed by atoms with Crippen LogP contribution in [-0.2, 0) is 0 Å². The zero-order valence-corrected chi connectivity index (χ0v) is 15.4. The first-order chi connectivity index (χ1) is 9.51. The number of aryl methyl sites for hydroxylation is 1. The van der Waals surface area contributed by atoms with Crippen molar-refractivity contribution in [2.24, 2.45) is 0 Å². The van der Waals surface area contributed by atoms with E-state index in [1.807, 2.05) is 6.07 Å². The van der Waals surface area contributed by atoms with E-state index in [1.165, 1.54) is 9.13 Å². The summed E-state index contributed by atoms with van der Waals surface area (Å²) in [6.45, 7) is 4.24. The van der Waals surface area contributed by atoms with Gasteiger partial charge in [-0.05, 0) is 71.8 Å². The molecule has 0 amide bonds. The van der Waals surface area contributed by atoms with E-state index in [9.17, 15) is 0 Å². The minimum atomic E-state index is 0.223. The van der Waals surface area contributed by atoms with Crippen LogP contribution in [0.25, 0.3) is 0 Å². The van der Waals surface area contributed by atoms with Crippen molar-refractivity contribution in [2.75, 3.05) is 12.4 Å². The van der Waals surface area contributed by atoms with Gasteiger partial charge in [0.15, 0.2) is 0 Å². The highest BCUT2D eigenvalue weighted by atomic mass is 127. The van der Waals surface area contributed by atoms with E-state index in [-0.39, 0.29) is 6.04 Å². The highest BCUT2D eigenvalue weighted by Crippen LogP contribution is 2.34. The van der Waals surface area contributed by atoms with Crippen molar-refractivity contribution in [3.63, 3.8) is 0 Å². The van der Waals surface area contributed by atoms with Crippen LogP contribution in [-0.4, -0.2) is 7.11 Å². The quantitative estimate of drug-likeness (QED) is 0.623. The highest BCUT2D eigenvalue weighted by molar-refractivity contribution is 14.1. The van der Waals surface area contributed by atoms with Gasteiger partial charge < -0.3 is 10.1 Å². The van der Waals surface area contributed by atoms with Crippen molar-refractivity contribution in [1.82, 2.24) is 0 Å². The maximum Gasteiger partial charge on any atom is 0.143 e. The molecule has 0 aromatic heterocycles. The van der Waals surface area contributed by atoms with E-state index < -0.39 is 0 Å². The zero-order chi connectivity index (χ0) is 14.7. The molecule has 1 N–H and O–H groups in total. The lowest BCUT2D eigenvalue weighted by Crippen LogP contribution is -2.09. The fourth-order valence-electron chi connectivity index (χ4n) is 2.11. The van der Waals surface area contributed by atoms with Gasteiger partial charge in [-0.1, -0.05) is 28.1 Å². The fourth-order valence-corrected chi connectivity index (χ4v) is 3.02. The lowest BCUT2D eigenvalue weighted by atomic mass is 10.1. The van der Waals surface area contributed by atoms with Gasteiger partial charge in [0, 0.05) is 14.1 Å². The Bertz CT molecular complexity index is 598. The summed E-state index contributed by atoms with van der Waals surface area (Å²) < 4.78 is 7.74. The van der Waals surface area contributed by atoms with Crippen molar-refractivity contribution in [1.29, 1.82) is 0 Å². The molecule has 2 aromatic carbocycles. The minimum absolute atomic E-state index is 0.223. The Hall–Kier alpha value is -0.750. The van der Waals surface area contributed by atoms with Gasteiger partial charge in [0.1, 0.15) is 5.75 Å². The van der Waals surface area contributed by atoms with Crippen LogP contribution >= 0.6 is 38.5 Å². The van der Waals surface area contributed by atoms with Gasteiger partial charge in [0.2, 0.25) is 0 Å². The number of nitrogens with one attached hydrogen (secondary N) is 1. The van der Waals surface area contributed by atoms with Gasteiger partial charge in [-0.2, -0.15) is 0 Å². The Morgan fingerprint density at radius 1 is 1.20 bits per heavy atom. The number of halogens is 2. The van der Waals surface area contributed by atoms with Crippen LogP contribution in [0.5, 0.6) is 5.75 Å². The molecule has 0 fully saturated rings. The van der Waals surface area contributed by atoms with E-state index in [2.05, 4.69) is 88.0 Å². The molecule has 0 aliphatic carbocycles. The average molecular weight is 446 g/mol. The van der Waals surface area contributed by atoms with Crippen LogP contribution in [0, 0.1) is 10.5 Å². The third-order valence-electron chi connectivity index (χ3n) is 3.21. The molecule has 0 heterocycles. The van der Waals surface area contributed by atoms with Crippen molar-refractivity contribution >= 4 is 44.2 Å². The van der Waals surface area contributed by atoms with Crippen LogP contribution in [0.4, 0.5) is 5.69 Å². The zero-order valence-electron chi connectivity index (χ0n) is 11.7. The van der Waals surface area contributed by atoms with Gasteiger partial charge in [0.25, 0.3) is 0 Å². The SMILES string of the molecule is COc1cc(Br)cc(C)c1NC(C)c1ccc(I)cc1. The van der Waals surface area contributed by atoms with Crippen LogP contribution in [0.15, 0.2) is 40.9 Å². The molecule has 4 heteroatoms. The number of rotatable bonds is 4. The summed E-state index contributed by atoms with van der Waals surface area (Å²) in [4.78, 5) is 0. The Morgan fingerprint density at radius 3 is 2.45 bits per heavy atom. The van der Waals surface area contributed by atoms with Crippen molar-refractivity contribution in [2.45, 2.75) is 19.9 Å². The molecule has 0 bridgehead atoms. The monoisotopic (exact) mass is 445 g/mol. The maximum atomic E-state index is 5.47. The number of anilines is 1. The van der Waals surface area contributed by atoms with Gasteiger partial charge in [-0.15, -0.1) is 0 Å². The molecule has 0 saturated carbocycles. The Morgan fingerprint density at radius 2 is 1.85 bits per heavy atom. The van der Waals surface area contributed by atoms with Gasteiger partial charge in [-0.3, -0.25) is 0 Å². The molecule has 0 radical (unpaired) electrons. The average Bonchev–Trinajstić information content (AvgIpc) is 2.42. The van der Waals surface area contributed by atoms with E-state index in [0.29, 0.717) is 0 Å². The number of hydrogen-bond donors (Lipinski definition) is 1. The Balaban J connectivity index is 2.27. The minimum Gasteiger partial charge on any atom is -0.495 e. The first kappa shape index (κ1) is 15.6. The summed E-state index contributed by atoms with van der Waals surface area (Å²) in [7, 11) is 1.70. The smallest absolute Gasteiger partial charge is 0.143 e. The molecule has 1 atom stereocenters. The lowest BCUT2D eigenvalue weighted by Gasteiger charge is -2.20. The highest BCUT2D eigenvalue weighted by Gasteiger charge is 2.12. The third kappa shape index (κ3) is 3.67. The van der Waals surface area contributed by atoms with Crippen LogP contribution in [0.2, 0.25) is 0 Å². The maximum absolute atomic E-state index is 5.47. The summed E-state index contributed by atoms with van der Waals surface area (Å²) in [6.07, 6.45) is 0. The summed E-state index contributed by atoms with van der Waals surface area (Å²) in [5.74, 6) is 0.856. The predicted molar refractivity (Wildman–Crippen MR) is 96.6 cm³/mol. The number of benzene rings is 2. The molecule has 0 spiro atoms. The number of methoxy groups -OCH3 is 1. The largest absolute Gasteiger partial charge is 0.495 e.